The lowest BCUT2D eigenvalue weighted by Crippen LogP contribution is -2.29. The first kappa shape index (κ1) is 21.2. The van der Waals surface area contributed by atoms with E-state index in [0.29, 0.717) is 5.75 Å². The van der Waals surface area contributed by atoms with Gasteiger partial charge in [-0.15, -0.1) is 0 Å². The van der Waals surface area contributed by atoms with Crippen LogP contribution < -0.4 is 4.90 Å². The van der Waals surface area contributed by atoms with Crippen molar-refractivity contribution >= 4 is 33.9 Å². The van der Waals surface area contributed by atoms with E-state index in [4.69, 9.17) is 0 Å². The van der Waals surface area contributed by atoms with E-state index in [2.05, 4.69) is 98.8 Å². The summed E-state index contributed by atoms with van der Waals surface area (Å²) in [7, 11) is 2.15. The number of rotatable bonds is 6. The molecule has 3 heteroatoms. The number of anilines is 1. The zero-order valence-electron chi connectivity index (χ0n) is 19.3. The first-order chi connectivity index (χ1) is 14.9. The van der Waals surface area contributed by atoms with Crippen molar-refractivity contribution in [2.45, 2.75) is 39.5 Å². The quantitative estimate of drug-likeness (QED) is 0.467. The maximum atomic E-state index is 10.7. The third kappa shape index (κ3) is 3.42. The molecular weight excluding hydrogens is 380 g/mol. The molecule has 3 aromatic rings. The molecule has 0 saturated carbocycles. The Labute approximate surface area is 186 Å². The van der Waals surface area contributed by atoms with E-state index in [1.54, 1.807) is 0 Å². The van der Waals surface area contributed by atoms with Crippen molar-refractivity contribution in [2.75, 3.05) is 25.0 Å². The highest BCUT2D eigenvalue weighted by Gasteiger charge is 2.46. The molecule has 0 bridgehead atoms. The summed E-state index contributed by atoms with van der Waals surface area (Å²) in [4.78, 5) is 2.24. The van der Waals surface area contributed by atoms with Crippen LogP contribution in [0.4, 0.5) is 11.4 Å². The average molecular weight is 414 g/mol. The molecule has 0 aromatic heterocycles. The Hall–Kier alpha value is -3.07. The van der Waals surface area contributed by atoms with Gasteiger partial charge < -0.3 is 10.0 Å². The van der Waals surface area contributed by atoms with E-state index in [1.165, 1.54) is 27.7 Å². The summed E-state index contributed by atoms with van der Waals surface area (Å²) in [6.45, 7) is 10.7. The maximum Gasteiger partial charge on any atom is 0.210 e. The third-order valence-corrected chi connectivity index (χ3v) is 7.02. The fourth-order valence-corrected chi connectivity index (χ4v) is 5.03. The smallest absolute Gasteiger partial charge is 0.210 e. The van der Waals surface area contributed by atoms with Crippen molar-refractivity contribution in [1.29, 1.82) is 0 Å². The van der Waals surface area contributed by atoms with Crippen LogP contribution >= 0.6 is 0 Å². The van der Waals surface area contributed by atoms with E-state index >= 15 is 0 Å². The third-order valence-electron chi connectivity index (χ3n) is 7.02. The minimum Gasteiger partial charge on any atom is -0.507 e. The van der Waals surface area contributed by atoms with Gasteiger partial charge in [-0.25, -0.2) is 0 Å². The van der Waals surface area contributed by atoms with Gasteiger partial charge in [0.05, 0.1) is 5.41 Å². The minimum absolute atomic E-state index is 0.0851. The van der Waals surface area contributed by atoms with Gasteiger partial charge in [-0.1, -0.05) is 31.2 Å². The second kappa shape index (κ2) is 8.22. The molecule has 0 radical (unpaired) electrons. The standard InChI is InChI=1S/C28H32N2O/c1-6-28(4)26(18-15-21-13-16-22(19-25(21)31)30(7-2)8-3)29(5)24-17-14-20-11-9-10-12-23(20)27(24)28/h9-19H,6-8H2,1-5H3/p+1. The number of phenols is 1. The Morgan fingerprint density at radius 1 is 0.968 bits per heavy atom. The summed E-state index contributed by atoms with van der Waals surface area (Å²) >= 11 is 0. The number of fused-ring (bicyclic) bond motifs is 3. The zero-order valence-corrected chi connectivity index (χ0v) is 19.3. The highest BCUT2D eigenvalue weighted by atomic mass is 16.3. The lowest BCUT2D eigenvalue weighted by molar-refractivity contribution is -0.401. The Morgan fingerprint density at radius 2 is 1.71 bits per heavy atom. The Morgan fingerprint density at radius 3 is 2.39 bits per heavy atom. The number of nitrogens with zero attached hydrogens (tertiary/aromatic N) is 2. The second-order valence-corrected chi connectivity index (χ2v) is 8.56. The maximum absolute atomic E-state index is 10.7. The van der Waals surface area contributed by atoms with Crippen molar-refractivity contribution < 1.29 is 9.68 Å². The molecular formula is C28H33N2O+. The summed E-state index contributed by atoms with van der Waals surface area (Å²) in [6.07, 6.45) is 5.24. The van der Waals surface area contributed by atoms with Crippen LogP contribution in [0.25, 0.3) is 16.8 Å². The number of phenolic OH excluding ortho intramolecular Hbond substituents is 1. The van der Waals surface area contributed by atoms with Gasteiger partial charge in [0.2, 0.25) is 5.69 Å². The molecule has 31 heavy (non-hydrogen) atoms. The summed E-state index contributed by atoms with van der Waals surface area (Å²) in [5.41, 5.74) is 5.74. The molecule has 0 amide bonds. The van der Waals surface area contributed by atoms with Crippen LogP contribution in [0.3, 0.4) is 0 Å². The normalized spacial score (nSPS) is 18.2. The molecule has 0 aliphatic carbocycles. The monoisotopic (exact) mass is 413 g/mol. The lowest BCUT2D eigenvalue weighted by atomic mass is 9.75. The van der Waals surface area contributed by atoms with Gasteiger partial charge in [0.15, 0.2) is 5.71 Å². The topological polar surface area (TPSA) is 26.5 Å². The van der Waals surface area contributed by atoms with Crippen LogP contribution in [0.5, 0.6) is 5.75 Å². The number of allylic oxidation sites excluding steroid dienone is 1. The molecule has 1 aliphatic heterocycles. The van der Waals surface area contributed by atoms with Crippen molar-refractivity contribution in [3.05, 3.63) is 71.8 Å². The summed E-state index contributed by atoms with van der Waals surface area (Å²) in [5, 5.41) is 13.3. The van der Waals surface area contributed by atoms with Crippen molar-refractivity contribution in [2.24, 2.45) is 0 Å². The van der Waals surface area contributed by atoms with Gasteiger partial charge in [-0.05, 0) is 62.2 Å². The molecule has 1 atom stereocenters. The molecule has 0 fully saturated rings. The van der Waals surface area contributed by atoms with Crippen LogP contribution in [0, 0.1) is 0 Å². The highest BCUT2D eigenvalue weighted by molar-refractivity contribution is 6.09. The number of hydrogen-bond acceptors (Lipinski definition) is 2. The van der Waals surface area contributed by atoms with E-state index in [-0.39, 0.29) is 5.41 Å². The average Bonchev–Trinajstić information content (AvgIpc) is 3.01. The fraction of sp³-hybridized carbons (Fsp3) is 0.321. The van der Waals surface area contributed by atoms with Gasteiger partial charge in [0, 0.05) is 48.1 Å². The number of hydrogen-bond donors (Lipinski definition) is 1. The molecule has 1 unspecified atom stereocenters. The highest BCUT2D eigenvalue weighted by Crippen LogP contribution is 2.45. The molecule has 4 rings (SSSR count). The Balaban J connectivity index is 1.75. The van der Waals surface area contributed by atoms with Crippen LogP contribution in [-0.2, 0) is 5.41 Å². The van der Waals surface area contributed by atoms with Gasteiger partial charge in [-0.2, -0.15) is 4.58 Å². The fourth-order valence-electron chi connectivity index (χ4n) is 5.03. The SMILES string of the molecule is CCN(CC)c1ccc(/C=C/C2=[N+](C)c3ccc4ccccc4c3C2(C)CC)c(O)c1. The van der Waals surface area contributed by atoms with Crippen LogP contribution in [0.15, 0.2) is 60.7 Å². The molecule has 0 spiro atoms. The zero-order chi connectivity index (χ0) is 22.2. The van der Waals surface area contributed by atoms with E-state index in [0.717, 1.165) is 30.8 Å². The van der Waals surface area contributed by atoms with Crippen LogP contribution in [0.2, 0.25) is 0 Å². The first-order valence-electron chi connectivity index (χ1n) is 11.3. The van der Waals surface area contributed by atoms with Crippen molar-refractivity contribution in [3.63, 3.8) is 0 Å². The van der Waals surface area contributed by atoms with E-state index in [9.17, 15) is 5.11 Å². The Kier molecular flexibility index (Phi) is 5.62. The van der Waals surface area contributed by atoms with Crippen molar-refractivity contribution in [3.8, 4) is 5.75 Å². The number of benzene rings is 3. The van der Waals surface area contributed by atoms with Crippen molar-refractivity contribution in [1.82, 2.24) is 0 Å². The van der Waals surface area contributed by atoms with Crippen LogP contribution in [-0.4, -0.2) is 35.5 Å². The lowest BCUT2D eigenvalue weighted by Gasteiger charge is -2.22. The summed E-state index contributed by atoms with van der Waals surface area (Å²) in [5.74, 6) is 0.322. The Bertz CT molecular complexity index is 1190. The van der Waals surface area contributed by atoms with Gasteiger partial charge in [-0.3, -0.25) is 0 Å². The minimum atomic E-state index is -0.0851. The van der Waals surface area contributed by atoms with Crippen LogP contribution in [0.1, 0.15) is 45.2 Å². The van der Waals surface area contributed by atoms with Gasteiger partial charge in [0.1, 0.15) is 12.8 Å². The molecule has 1 aliphatic rings. The largest absolute Gasteiger partial charge is 0.507 e. The molecule has 1 heterocycles. The van der Waals surface area contributed by atoms with Gasteiger partial charge in [0.25, 0.3) is 0 Å². The first-order valence-corrected chi connectivity index (χ1v) is 11.3. The predicted molar refractivity (Wildman–Crippen MR) is 133 cm³/mol. The molecule has 1 N–H and O–H groups in total. The number of aromatic hydroxyl groups is 1. The van der Waals surface area contributed by atoms with E-state index in [1.807, 2.05) is 12.1 Å². The summed E-state index contributed by atoms with van der Waals surface area (Å²) in [6, 6.07) is 19.1. The summed E-state index contributed by atoms with van der Waals surface area (Å²) < 4.78 is 2.31. The molecule has 3 aromatic carbocycles. The second-order valence-electron chi connectivity index (χ2n) is 8.56. The van der Waals surface area contributed by atoms with E-state index < -0.39 is 0 Å². The molecule has 160 valence electrons. The van der Waals surface area contributed by atoms with Gasteiger partial charge >= 0.3 is 0 Å². The molecule has 0 saturated heterocycles. The molecule has 3 nitrogen and oxygen atoms in total. The predicted octanol–water partition coefficient (Wildman–Crippen LogP) is 6.50.